The zero-order valence-electron chi connectivity index (χ0n) is 11.7. The zero-order chi connectivity index (χ0) is 14.4. The Balaban J connectivity index is 1.90. The second-order valence-corrected chi connectivity index (χ2v) is 5.29. The predicted octanol–water partition coefficient (Wildman–Crippen LogP) is 4.37. The molecule has 20 heavy (non-hydrogen) atoms. The van der Waals surface area contributed by atoms with Gasteiger partial charge >= 0.3 is 0 Å². The smallest absolute Gasteiger partial charge is 0.137 e. The molecule has 0 bridgehead atoms. The van der Waals surface area contributed by atoms with Gasteiger partial charge in [0.1, 0.15) is 5.75 Å². The third-order valence-corrected chi connectivity index (χ3v) is 3.74. The molecule has 106 valence electrons. The third-order valence-electron chi connectivity index (χ3n) is 3.43. The molecule has 0 aliphatic carbocycles. The molecule has 0 saturated heterocycles. The molecule has 0 spiro atoms. The van der Waals surface area contributed by atoms with Crippen LogP contribution in [-0.2, 0) is 6.42 Å². The Morgan fingerprint density at radius 1 is 1.15 bits per heavy atom. The Hall–Kier alpha value is -1.51. The molecule has 0 aromatic heterocycles. The SMILES string of the molecule is COc1cc(C(N)CCCc2ccccc2)ccc1Cl. The zero-order valence-corrected chi connectivity index (χ0v) is 12.4. The Kier molecular flexibility index (Phi) is 5.45. The summed E-state index contributed by atoms with van der Waals surface area (Å²) in [7, 11) is 1.62. The molecule has 0 amide bonds. The first kappa shape index (κ1) is 14.9. The van der Waals surface area contributed by atoms with Crippen LogP contribution in [0.25, 0.3) is 0 Å². The summed E-state index contributed by atoms with van der Waals surface area (Å²) >= 11 is 6.02. The van der Waals surface area contributed by atoms with E-state index in [9.17, 15) is 0 Å². The summed E-state index contributed by atoms with van der Waals surface area (Å²) in [5.74, 6) is 0.683. The second-order valence-electron chi connectivity index (χ2n) is 4.88. The first-order valence-corrected chi connectivity index (χ1v) is 7.21. The molecule has 0 aliphatic rings. The molecule has 2 rings (SSSR count). The predicted molar refractivity (Wildman–Crippen MR) is 84.3 cm³/mol. The quantitative estimate of drug-likeness (QED) is 0.857. The maximum atomic E-state index is 6.23. The topological polar surface area (TPSA) is 35.2 Å². The van der Waals surface area contributed by atoms with E-state index in [-0.39, 0.29) is 6.04 Å². The molecule has 0 aliphatic heterocycles. The van der Waals surface area contributed by atoms with E-state index in [1.165, 1.54) is 5.56 Å². The molecule has 2 N–H and O–H groups in total. The standard InChI is InChI=1S/C17H20ClNO/c1-20-17-12-14(10-11-15(17)18)16(19)9-5-8-13-6-3-2-4-7-13/h2-4,6-7,10-12,16H,5,8-9,19H2,1H3. The van der Waals surface area contributed by atoms with Crippen LogP contribution >= 0.6 is 11.6 Å². The number of nitrogens with two attached hydrogens (primary N) is 1. The van der Waals surface area contributed by atoms with Crippen LogP contribution in [0.2, 0.25) is 5.02 Å². The first-order valence-electron chi connectivity index (χ1n) is 6.83. The van der Waals surface area contributed by atoms with Crippen molar-refractivity contribution in [3.8, 4) is 5.75 Å². The van der Waals surface area contributed by atoms with E-state index in [0.29, 0.717) is 10.8 Å². The average molecular weight is 290 g/mol. The minimum absolute atomic E-state index is 0.0184. The fraction of sp³-hybridized carbons (Fsp3) is 0.294. The fourth-order valence-corrected chi connectivity index (χ4v) is 2.44. The lowest BCUT2D eigenvalue weighted by Crippen LogP contribution is -2.10. The first-order chi connectivity index (χ1) is 9.70. The number of methoxy groups -OCH3 is 1. The number of ether oxygens (including phenoxy) is 1. The Labute approximate surface area is 125 Å². The van der Waals surface area contributed by atoms with Crippen LogP contribution in [0.15, 0.2) is 48.5 Å². The van der Waals surface area contributed by atoms with E-state index in [1.54, 1.807) is 7.11 Å². The van der Waals surface area contributed by atoms with E-state index in [4.69, 9.17) is 22.1 Å². The molecule has 2 aromatic rings. The lowest BCUT2D eigenvalue weighted by molar-refractivity contribution is 0.414. The average Bonchev–Trinajstić information content (AvgIpc) is 2.48. The summed E-state index contributed by atoms with van der Waals surface area (Å²) in [4.78, 5) is 0. The lowest BCUT2D eigenvalue weighted by Gasteiger charge is -2.14. The van der Waals surface area contributed by atoms with Crippen LogP contribution in [0, 0.1) is 0 Å². The van der Waals surface area contributed by atoms with Crippen molar-refractivity contribution in [2.45, 2.75) is 25.3 Å². The molecule has 1 unspecified atom stereocenters. The Morgan fingerprint density at radius 3 is 2.60 bits per heavy atom. The van der Waals surface area contributed by atoms with Crippen LogP contribution in [-0.4, -0.2) is 7.11 Å². The van der Waals surface area contributed by atoms with Gasteiger partial charge in [0.2, 0.25) is 0 Å². The van der Waals surface area contributed by atoms with Crippen LogP contribution < -0.4 is 10.5 Å². The van der Waals surface area contributed by atoms with Crippen molar-refractivity contribution in [3.05, 3.63) is 64.7 Å². The van der Waals surface area contributed by atoms with Gasteiger partial charge in [-0.3, -0.25) is 0 Å². The maximum Gasteiger partial charge on any atom is 0.137 e. The molecule has 0 fully saturated rings. The Morgan fingerprint density at radius 2 is 1.90 bits per heavy atom. The highest BCUT2D eigenvalue weighted by molar-refractivity contribution is 6.32. The molecule has 0 radical (unpaired) electrons. The highest BCUT2D eigenvalue weighted by atomic mass is 35.5. The number of aryl methyl sites for hydroxylation is 1. The van der Waals surface area contributed by atoms with Gasteiger partial charge in [-0.1, -0.05) is 48.0 Å². The van der Waals surface area contributed by atoms with Gasteiger partial charge in [-0.25, -0.2) is 0 Å². The largest absolute Gasteiger partial charge is 0.495 e. The van der Waals surface area contributed by atoms with E-state index in [1.807, 2.05) is 24.3 Å². The highest BCUT2D eigenvalue weighted by Gasteiger charge is 2.09. The van der Waals surface area contributed by atoms with E-state index >= 15 is 0 Å². The van der Waals surface area contributed by atoms with Crippen LogP contribution in [0.1, 0.15) is 30.0 Å². The third kappa shape index (κ3) is 3.99. The van der Waals surface area contributed by atoms with Crippen molar-refractivity contribution in [2.75, 3.05) is 7.11 Å². The van der Waals surface area contributed by atoms with Crippen molar-refractivity contribution in [1.29, 1.82) is 0 Å². The minimum Gasteiger partial charge on any atom is -0.495 e. The number of rotatable bonds is 6. The summed E-state index contributed by atoms with van der Waals surface area (Å²) in [5.41, 5.74) is 8.66. The van der Waals surface area contributed by atoms with Crippen molar-refractivity contribution in [3.63, 3.8) is 0 Å². The van der Waals surface area contributed by atoms with Gasteiger partial charge in [0, 0.05) is 6.04 Å². The molecular weight excluding hydrogens is 270 g/mol. The normalized spacial score (nSPS) is 12.2. The number of benzene rings is 2. The lowest BCUT2D eigenvalue weighted by atomic mass is 9.99. The van der Waals surface area contributed by atoms with Crippen molar-refractivity contribution in [2.24, 2.45) is 5.73 Å². The van der Waals surface area contributed by atoms with Gasteiger partial charge in [0.15, 0.2) is 0 Å². The summed E-state index contributed by atoms with van der Waals surface area (Å²) in [5, 5.41) is 0.618. The molecule has 2 nitrogen and oxygen atoms in total. The van der Waals surface area contributed by atoms with Crippen molar-refractivity contribution in [1.82, 2.24) is 0 Å². The number of halogens is 1. The monoisotopic (exact) mass is 289 g/mol. The van der Waals surface area contributed by atoms with Gasteiger partial charge in [-0.15, -0.1) is 0 Å². The Bertz CT molecular complexity index is 542. The summed E-state index contributed by atoms with van der Waals surface area (Å²) in [6, 6.07) is 16.2. The summed E-state index contributed by atoms with van der Waals surface area (Å²) < 4.78 is 5.22. The van der Waals surface area contributed by atoms with Gasteiger partial charge in [-0.2, -0.15) is 0 Å². The molecule has 0 heterocycles. The maximum absolute atomic E-state index is 6.23. The molecule has 3 heteroatoms. The number of hydrogen-bond donors (Lipinski definition) is 1. The van der Waals surface area contributed by atoms with Gasteiger partial charge in [0.25, 0.3) is 0 Å². The number of hydrogen-bond acceptors (Lipinski definition) is 2. The van der Waals surface area contributed by atoms with Gasteiger partial charge in [0.05, 0.1) is 12.1 Å². The molecule has 1 atom stereocenters. The van der Waals surface area contributed by atoms with Crippen LogP contribution in [0.4, 0.5) is 0 Å². The molecule has 2 aromatic carbocycles. The summed E-state index contributed by atoms with van der Waals surface area (Å²) in [6.45, 7) is 0. The highest BCUT2D eigenvalue weighted by Crippen LogP contribution is 2.28. The molecular formula is C17H20ClNO. The minimum atomic E-state index is 0.0184. The van der Waals surface area contributed by atoms with Crippen LogP contribution in [0.3, 0.4) is 0 Å². The van der Waals surface area contributed by atoms with E-state index < -0.39 is 0 Å². The van der Waals surface area contributed by atoms with E-state index in [0.717, 1.165) is 24.8 Å². The fourth-order valence-electron chi connectivity index (χ4n) is 2.24. The van der Waals surface area contributed by atoms with Gasteiger partial charge in [-0.05, 0) is 42.5 Å². The van der Waals surface area contributed by atoms with E-state index in [2.05, 4.69) is 24.3 Å². The molecule has 0 saturated carbocycles. The van der Waals surface area contributed by atoms with Gasteiger partial charge < -0.3 is 10.5 Å². The van der Waals surface area contributed by atoms with Crippen molar-refractivity contribution < 1.29 is 4.74 Å². The summed E-state index contributed by atoms with van der Waals surface area (Å²) in [6.07, 6.45) is 3.06. The second kappa shape index (κ2) is 7.32. The van der Waals surface area contributed by atoms with Crippen molar-refractivity contribution >= 4 is 11.6 Å². The van der Waals surface area contributed by atoms with Crippen LogP contribution in [0.5, 0.6) is 5.75 Å².